The van der Waals surface area contributed by atoms with E-state index >= 15 is 0 Å². The van der Waals surface area contributed by atoms with Gasteiger partial charge in [-0.3, -0.25) is 9.89 Å². The van der Waals surface area contributed by atoms with Crippen LogP contribution >= 0.6 is 0 Å². The summed E-state index contributed by atoms with van der Waals surface area (Å²) in [6, 6.07) is 9.85. The van der Waals surface area contributed by atoms with Crippen molar-refractivity contribution in [2.45, 2.75) is 18.9 Å². The summed E-state index contributed by atoms with van der Waals surface area (Å²) in [5.74, 6) is 0.00363. The van der Waals surface area contributed by atoms with Gasteiger partial charge in [0.15, 0.2) is 0 Å². The van der Waals surface area contributed by atoms with E-state index in [0.29, 0.717) is 6.54 Å². The highest BCUT2D eigenvalue weighted by Gasteiger charge is 2.25. The first-order chi connectivity index (χ1) is 9.34. The van der Waals surface area contributed by atoms with Gasteiger partial charge >= 0.3 is 0 Å². The lowest BCUT2D eigenvalue weighted by Gasteiger charge is -2.25. The summed E-state index contributed by atoms with van der Waals surface area (Å²) >= 11 is 0. The lowest BCUT2D eigenvalue weighted by Crippen LogP contribution is -2.32. The molecule has 0 spiro atoms. The fraction of sp³-hybridized carbons (Fsp3) is 0.286. The van der Waals surface area contributed by atoms with E-state index in [0.717, 1.165) is 29.9 Å². The SMILES string of the molecule is O=C(NCc1ccn[nH]1)C1CCNc2ccccc21. The van der Waals surface area contributed by atoms with Crippen LogP contribution in [0.3, 0.4) is 0 Å². The number of rotatable bonds is 3. The van der Waals surface area contributed by atoms with E-state index in [1.807, 2.05) is 30.3 Å². The smallest absolute Gasteiger partial charge is 0.228 e. The van der Waals surface area contributed by atoms with Crippen molar-refractivity contribution in [3.05, 3.63) is 47.8 Å². The Labute approximate surface area is 111 Å². The summed E-state index contributed by atoms with van der Waals surface area (Å²) < 4.78 is 0. The van der Waals surface area contributed by atoms with E-state index in [2.05, 4.69) is 20.8 Å². The van der Waals surface area contributed by atoms with Crippen LogP contribution in [0, 0.1) is 0 Å². The van der Waals surface area contributed by atoms with Gasteiger partial charge in [-0.1, -0.05) is 18.2 Å². The third-order valence-electron chi connectivity index (χ3n) is 3.41. The number of H-pyrrole nitrogens is 1. The zero-order valence-electron chi connectivity index (χ0n) is 10.5. The van der Waals surface area contributed by atoms with E-state index in [9.17, 15) is 4.79 Å². The number of para-hydroxylation sites is 1. The summed E-state index contributed by atoms with van der Waals surface area (Å²) in [6.07, 6.45) is 2.51. The summed E-state index contributed by atoms with van der Waals surface area (Å²) in [5, 5.41) is 13.0. The van der Waals surface area contributed by atoms with Gasteiger partial charge in [0.1, 0.15) is 0 Å². The number of nitrogens with one attached hydrogen (secondary N) is 3. The van der Waals surface area contributed by atoms with Gasteiger partial charge in [0.2, 0.25) is 5.91 Å². The molecule has 3 N–H and O–H groups in total. The molecule has 1 amide bonds. The van der Waals surface area contributed by atoms with Crippen molar-refractivity contribution in [1.29, 1.82) is 0 Å². The van der Waals surface area contributed by atoms with Crippen LogP contribution in [0.1, 0.15) is 23.6 Å². The predicted molar refractivity (Wildman–Crippen MR) is 72.7 cm³/mol. The topological polar surface area (TPSA) is 69.8 Å². The van der Waals surface area contributed by atoms with Crippen LogP contribution < -0.4 is 10.6 Å². The van der Waals surface area contributed by atoms with Crippen LogP contribution in [0.5, 0.6) is 0 Å². The molecule has 0 saturated heterocycles. The second-order valence-electron chi connectivity index (χ2n) is 4.65. The number of nitrogens with zero attached hydrogens (tertiary/aromatic N) is 1. The summed E-state index contributed by atoms with van der Waals surface area (Å²) in [5.41, 5.74) is 3.06. The Morgan fingerprint density at radius 3 is 3.11 bits per heavy atom. The van der Waals surface area contributed by atoms with Crippen molar-refractivity contribution < 1.29 is 4.79 Å². The molecule has 98 valence electrons. The molecule has 3 rings (SSSR count). The van der Waals surface area contributed by atoms with Crippen molar-refractivity contribution in [3.63, 3.8) is 0 Å². The molecule has 1 aliphatic rings. The van der Waals surface area contributed by atoms with Crippen LogP contribution in [0.4, 0.5) is 5.69 Å². The minimum absolute atomic E-state index is 0.0691. The average Bonchev–Trinajstić information content (AvgIpc) is 2.97. The number of hydrogen-bond donors (Lipinski definition) is 3. The Morgan fingerprint density at radius 1 is 1.37 bits per heavy atom. The zero-order valence-corrected chi connectivity index (χ0v) is 10.5. The Hall–Kier alpha value is -2.30. The van der Waals surface area contributed by atoms with E-state index in [4.69, 9.17) is 0 Å². The second kappa shape index (κ2) is 5.14. The van der Waals surface area contributed by atoms with Crippen molar-refractivity contribution in [2.24, 2.45) is 0 Å². The maximum atomic E-state index is 12.3. The molecule has 0 bridgehead atoms. The van der Waals surface area contributed by atoms with Crippen molar-refractivity contribution in [2.75, 3.05) is 11.9 Å². The fourth-order valence-electron chi connectivity index (χ4n) is 2.43. The van der Waals surface area contributed by atoms with Gasteiger partial charge in [-0.2, -0.15) is 5.10 Å². The van der Waals surface area contributed by atoms with Crippen molar-refractivity contribution >= 4 is 11.6 Å². The molecule has 0 saturated carbocycles. The minimum atomic E-state index is -0.0691. The molecule has 0 radical (unpaired) electrons. The normalized spacial score (nSPS) is 17.4. The first kappa shape index (κ1) is 11.8. The molecule has 2 aromatic rings. The Kier molecular flexibility index (Phi) is 3.18. The highest BCUT2D eigenvalue weighted by molar-refractivity contribution is 5.86. The van der Waals surface area contributed by atoms with E-state index in [-0.39, 0.29) is 11.8 Å². The molecule has 1 aromatic carbocycles. The molecule has 1 aromatic heterocycles. The third kappa shape index (κ3) is 2.45. The van der Waals surface area contributed by atoms with Gasteiger partial charge in [-0.05, 0) is 24.1 Å². The molecule has 1 unspecified atom stereocenters. The maximum Gasteiger partial charge on any atom is 0.228 e. The average molecular weight is 256 g/mol. The summed E-state index contributed by atoms with van der Waals surface area (Å²) in [7, 11) is 0. The highest BCUT2D eigenvalue weighted by atomic mass is 16.1. The number of anilines is 1. The third-order valence-corrected chi connectivity index (χ3v) is 3.41. The van der Waals surface area contributed by atoms with Gasteiger partial charge < -0.3 is 10.6 Å². The first-order valence-corrected chi connectivity index (χ1v) is 6.43. The van der Waals surface area contributed by atoms with Gasteiger partial charge in [0, 0.05) is 18.4 Å². The van der Waals surface area contributed by atoms with Crippen LogP contribution in [0.15, 0.2) is 36.5 Å². The number of amides is 1. The van der Waals surface area contributed by atoms with Crippen LogP contribution in [-0.4, -0.2) is 22.6 Å². The number of carbonyl (C=O) groups is 1. The molecule has 5 nitrogen and oxygen atoms in total. The Balaban J connectivity index is 1.71. The highest BCUT2D eigenvalue weighted by Crippen LogP contribution is 2.31. The van der Waals surface area contributed by atoms with Crippen LogP contribution in [0.25, 0.3) is 0 Å². The first-order valence-electron chi connectivity index (χ1n) is 6.43. The molecular formula is C14H16N4O. The standard InChI is InChI=1S/C14H16N4O/c19-14(16-9-10-5-8-17-18-10)12-6-7-15-13-4-2-1-3-11(12)13/h1-5,8,12,15H,6-7,9H2,(H,16,19)(H,17,18). The lowest BCUT2D eigenvalue weighted by atomic mass is 9.90. The second-order valence-corrected chi connectivity index (χ2v) is 4.65. The van der Waals surface area contributed by atoms with E-state index < -0.39 is 0 Å². The number of fused-ring (bicyclic) bond motifs is 1. The van der Waals surface area contributed by atoms with Crippen molar-refractivity contribution in [1.82, 2.24) is 15.5 Å². The van der Waals surface area contributed by atoms with Gasteiger partial charge in [-0.15, -0.1) is 0 Å². The monoisotopic (exact) mass is 256 g/mol. The summed E-state index contributed by atoms with van der Waals surface area (Å²) in [6.45, 7) is 1.32. The van der Waals surface area contributed by atoms with Gasteiger partial charge in [-0.25, -0.2) is 0 Å². The quantitative estimate of drug-likeness (QED) is 0.781. The van der Waals surface area contributed by atoms with Gasteiger partial charge in [0.05, 0.1) is 18.2 Å². The summed E-state index contributed by atoms with van der Waals surface area (Å²) in [4.78, 5) is 12.3. The number of benzene rings is 1. The molecule has 1 atom stereocenters. The zero-order chi connectivity index (χ0) is 13.1. The molecule has 19 heavy (non-hydrogen) atoms. The largest absolute Gasteiger partial charge is 0.385 e. The fourth-order valence-corrected chi connectivity index (χ4v) is 2.43. The minimum Gasteiger partial charge on any atom is -0.385 e. The van der Waals surface area contributed by atoms with Crippen LogP contribution in [-0.2, 0) is 11.3 Å². The Morgan fingerprint density at radius 2 is 2.26 bits per heavy atom. The van der Waals surface area contributed by atoms with E-state index in [1.165, 1.54) is 0 Å². The van der Waals surface area contributed by atoms with Crippen molar-refractivity contribution in [3.8, 4) is 0 Å². The number of aromatic nitrogens is 2. The number of carbonyl (C=O) groups excluding carboxylic acids is 1. The molecular weight excluding hydrogens is 240 g/mol. The molecule has 0 fully saturated rings. The van der Waals surface area contributed by atoms with Gasteiger partial charge in [0.25, 0.3) is 0 Å². The molecule has 2 heterocycles. The molecule has 1 aliphatic heterocycles. The number of aromatic amines is 1. The lowest BCUT2D eigenvalue weighted by molar-refractivity contribution is -0.122. The van der Waals surface area contributed by atoms with E-state index in [1.54, 1.807) is 6.20 Å². The molecule has 5 heteroatoms. The Bertz CT molecular complexity index is 565. The molecule has 0 aliphatic carbocycles. The number of hydrogen-bond acceptors (Lipinski definition) is 3. The predicted octanol–water partition coefficient (Wildman–Crippen LogP) is 1.63. The maximum absolute atomic E-state index is 12.3. The van der Waals surface area contributed by atoms with Crippen LogP contribution in [0.2, 0.25) is 0 Å².